The number of nitrogens with two attached hydrogens (primary N) is 1. The Labute approximate surface area is 160 Å². The molecule has 0 saturated heterocycles. The molecule has 0 radical (unpaired) electrons. The number of nitrogens with zero attached hydrogens (tertiary/aromatic N) is 2. The van der Waals surface area contributed by atoms with E-state index >= 15 is 0 Å². The molecule has 2 bridgehead atoms. The van der Waals surface area contributed by atoms with Crippen LogP contribution in [0.5, 0.6) is 0 Å². The second kappa shape index (κ2) is 7.91. The first-order valence-corrected chi connectivity index (χ1v) is 9.75. The SMILES string of the molecule is CCOC(=O)[C@H]1C2CCC(CC2)[C@@H]1N=C(N=C(N)Cl)c1ccc(Br)[nH]1. The van der Waals surface area contributed by atoms with Gasteiger partial charge < -0.3 is 15.5 Å². The minimum absolute atomic E-state index is 0.0851. The normalized spacial score (nSPS) is 29.7. The summed E-state index contributed by atoms with van der Waals surface area (Å²) in [5.41, 5.74) is 6.29. The summed E-state index contributed by atoms with van der Waals surface area (Å²) in [6, 6.07) is 3.57. The van der Waals surface area contributed by atoms with Crippen molar-refractivity contribution < 1.29 is 9.53 Å². The number of ether oxygens (including phenoxy) is 1. The number of fused-ring (bicyclic) bond motifs is 3. The molecule has 0 amide bonds. The van der Waals surface area contributed by atoms with Gasteiger partial charge in [-0.1, -0.05) is 0 Å². The van der Waals surface area contributed by atoms with Crippen LogP contribution in [0, 0.1) is 17.8 Å². The Morgan fingerprint density at radius 1 is 1.36 bits per heavy atom. The molecule has 0 unspecified atom stereocenters. The van der Waals surface area contributed by atoms with Crippen molar-refractivity contribution in [3.8, 4) is 0 Å². The number of carbonyl (C=O) groups excluding carboxylic acids is 1. The quantitative estimate of drug-likeness (QED) is 0.332. The molecule has 2 atom stereocenters. The van der Waals surface area contributed by atoms with Crippen LogP contribution < -0.4 is 5.73 Å². The van der Waals surface area contributed by atoms with Crippen molar-refractivity contribution in [2.75, 3.05) is 6.61 Å². The number of halogens is 2. The molecule has 4 rings (SSSR count). The van der Waals surface area contributed by atoms with Crippen molar-refractivity contribution in [1.29, 1.82) is 0 Å². The van der Waals surface area contributed by atoms with Gasteiger partial charge in [-0.3, -0.25) is 9.79 Å². The molecule has 3 aliphatic carbocycles. The molecule has 3 N–H and O–H groups in total. The fraction of sp³-hybridized carbons (Fsp3) is 0.588. The highest BCUT2D eigenvalue weighted by Gasteiger charge is 2.48. The van der Waals surface area contributed by atoms with Crippen LogP contribution in [0.1, 0.15) is 38.3 Å². The van der Waals surface area contributed by atoms with E-state index in [1.165, 1.54) is 0 Å². The number of aromatic nitrogens is 1. The standard InChI is InChI=1S/C17H22BrClN4O2/c1-2-25-16(24)13-9-3-5-10(6-4-9)14(13)22-15(23-17(19)20)11-7-8-12(18)21-11/h7-10,13-14,21H,2-6H2,1H3,(H2,20,22,23)/t9?,10?,13-,14-/m0/s1. The van der Waals surface area contributed by atoms with E-state index in [1.807, 2.05) is 19.1 Å². The molecule has 0 aromatic carbocycles. The monoisotopic (exact) mass is 428 g/mol. The van der Waals surface area contributed by atoms with Gasteiger partial charge in [0.15, 0.2) is 11.1 Å². The lowest BCUT2D eigenvalue weighted by molar-refractivity contribution is -0.155. The van der Waals surface area contributed by atoms with Crippen molar-refractivity contribution in [2.24, 2.45) is 33.5 Å². The fourth-order valence-corrected chi connectivity index (χ4v) is 4.50. The summed E-state index contributed by atoms with van der Waals surface area (Å²) in [5, 5.41) is -0.0851. The van der Waals surface area contributed by atoms with Crippen LogP contribution in [-0.2, 0) is 9.53 Å². The van der Waals surface area contributed by atoms with Crippen molar-refractivity contribution in [1.82, 2.24) is 4.98 Å². The van der Waals surface area contributed by atoms with Crippen LogP contribution in [0.2, 0.25) is 0 Å². The minimum atomic E-state index is -0.215. The van der Waals surface area contributed by atoms with E-state index in [1.54, 1.807) is 0 Å². The van der Waals surface area contributed by atoms with E-state index in [0.717, 1.165) is 30.3 Å². The molecule has 0 spiro atoms. The summed E-state index contributed by atoms with van der Waals surface area (Å²) in [7, 11) is 0. The number of H-pyrrole nitrogens is 1. The molecular formula is C17H22BrClN4O2. The molecule has 136 valence electrons. The van der Waals surface area contributed by atoms with E-state index in [2.05, 4.69) is 25.9 Å². The van der Waals surface area contributed by atoms with E-state index in [-0.39, 0.29) is 23.2 Å². The van der Waals surface area contributed by atoms with Crippen LogP contribution >= 0.6 is 27.5 Å². The van der Waals surface area contributed by atoms with E-state index in [9.17, 15) is 4.79 Å². The van der Waals surface area contributed by atoms with E-state index in [4.69, 9.17) is 27.1 Å². The largest absolute Gasteiger partial charge is 0.466 e. The topological polar surface area (TPSA) is 92.8 Å². The molecule has 1 heterocycles. The average molecular weight is 430 g/mol. The number of amidine groups is 2. The molecule has 25 heavy (non-hydrogen) atoms. The molecule has 8 heteroatoms. The van der Waals surface area contributed by atoms with E-state index in [0.29, 0.717) is 30.0 Å². The maximum absolute atomic E-state index is 12.5. The first-order valence-electron chi connectivity index (χ1n) is 8.58. The average Bonchev–Trinajstić information content (AvgIpc) is 3.01. The van der Waals surface area contributed by atoms with Gasteiger partial charge in [0.2, 0.25) is 0 Å². The fourth-order valence-electron chi connectivity index (χ4n) is 4.07. The van der Waals surface area contributed by atoms with Crippen LogP contribution in [0.3, 0.4) is 0 Å². The number of nitrogens with one attached hydrogen (secondary N) is 1. The second-order valence-electron chi connectivity index (χ2n) is 6.55. The maximum atomic E-state index is 12.5. The predicted molar refractivity (Wildman–Crippen MR) is 102 cm³/mol. The Morgan fingerprint density at radius 3 is 2.60 bits per heavy atom. The molecule has 1 aromatic heterocycles. The number of hydrogen-bond acceptors (Lipinski definition) is 3. The zero-order chi connectivity index (χ0) is 18.0. The molecule has 3 aliphatic rings. The van der Waals surface area contributed by atoms with Crippen molar-refractivity contribution in [3.63, 3.8) is 0 Å². The third kappa shape index (κ3) is 4.08. The van der Waals surface area contributed by atoms with Gasteiger partial charge in [0, 0.05) is 0 Å². The number of aromatic amines is 1. The van der Waals surface area contributed by atoms with Gasteiger partial charge >= 0.3 is 5.97 Å². The van der Waals surface area contributed by atoms with Gasteiger partial charge in [-0.25, -0.2) is 0 Å². The van der Waals surface area contributed by atoms with Crippen LogP contribution in [-0.4, -0.2) is 34.7 Å². The highest BCUT2D eigenvalue weighted by molar-refractivity contribution is 9.10. The van der Waals surface area contributed by atoms with Crippen molar-refractivity contribution in [2.45, 2.75) is 38.6 Å². The summed E-state index contributed by atoms with van der Waals surface area (Å²) in [6.45, 7) is 2.21. The molecular weight excluding hydrogens is 408 g/mol. The zero-order valence-corrected chi connectivity index (χ0v) is 16.4. The van der Waals surface area contributed by atoms with E-state index < -0.39 is 0 Å². The first kappa shape index (κ1) is 18.5. The van der Waals surface area contributed by atoms with Crippen LogP contribution in [0.4, 0.5) is 0 Å². The number of hydrogen-bond donors (Lipinski definition) is 2. The molecule has 1 aromatic rings. The Balaban J connectivity index is 1.98. The number of aliphatic imine (C=N–C) groups is 2. The van der Waals surface area contributed by atoms with Gasteiger partial charge in [0.05, 0.1) is 28.9 Å². The molecule has 6 nitrogen and oxygen atoms in total. The Morgan fingerprint density at radius 2 is 2.04 bits per heavy atom. The lowest BCUT2D eigenvalue weighted by Gasteiger charge is -2.45. The van der Waals surface area contributed by atoms with Crippen molar-refractivity contribution in [3.05, 3.63) is 22.4 Å². The van der Waals surface area contributed by atoms with Crippen molar-refractivity contribution >= 4 is 44.6 Å². The maximum Gasteiger partial charge on any atom is 0.311 e. The van der Waals surface area contributed by atoms with Gasteiger partial charge in [-0.05, 0) is 84.1 Å². The third-order valence-electron chi connectivity index (χ3n) is 5.11. The van der Waals surface area contributed by atoms with Gasteiger partial charge in [0.25, 0.3) is 0 Å². The van der Waals surface area contributed by atoms with Crippen LogP contribution in [0.15, 0.2) is 26.7 Å². The Bertz CT molecular complexity index is 691. The predicted octanol–water partition coefficient (Wildman–Crippen LogP) is 3.45. The second-order valence-corrected chi connectivity index (χ2v) is 7.79. The lowest BCUT2D eigenvalue weighted by atomic mass is 9.62. The molecule has 0 aliphatic heterocycles. The van der Waals surface area contributed by atoms with Crippen LogP contribution in [0.25, 0.3) is 0 Å². The summed E-state index contributed by atoms with van der Waals surface area (Å²) in [5.74, 6) is 0.740. The Kier molecular flexibility index (Phi) is 5.84. The summed E-state index contributed by atoms with van der Waals surface area (Å²) in [6.07, 6.45) is 4.28. The number of carbonyl (C=O) groups is 1. The van der Waals surface area contributed by atoms with Gasteiger partial charge in [-0.2, -0.15) is 4.99 Å². The number of esters is 1. The minimum Gasteiger partial charge on any atom is -0.466 e. The highest BCUT2D eigenvalue weighted by atomic mass is 79.9. The lowest BCUT2D eigenvalue weighted by Crippen LogP contribution is -2.47. The third-order valence-corrected chi connectivity index (χ3v) is 5.66. The van der Waals surface area contributed by atoms with Gasteiger partial charge in [-0.15, -0.1) is 0 Å². The summed E-state index contributed by atoms with van der Waals surface area (Å²) in [4.78, 5) is 24.7. The Hall–Kier alpha value is -1.34. The molecule has 3 saturated carbocycles. The molecule has 3 fully saturated rings. The van der Waals surface area contributed by atoms with Gasteiger partial charge in [0.1, 0.15) is 0 Å². The summed E-state index contributed by atoms with van der Waals surface area (Å²) >= 11 is 9.19. The highest BCUT2D eigenvalue weighted by Crippen LogP contribution is 2.47. The smallest absolute Gasteiger partial charge is 0.311 e. The number of rotatable bonds is 4. The summed E-state index contributed by atoms with van der Waals surface area (Å²) < 4.78 is 6.14. The first-order chi connectivity index (χ1) is 12.0. The zero-order valence-electron chi connectivity index (χ0n) is 14.0.